The van der Waals surface area contributed by atoms with Crippen molar-refractivity contribution in [3.63, 3.8) is 0 Å². The van der Waals surface area contributed by atoms with Gasteiger partial charge in [0.05, 0.1) is 16.2 Å². The molecule has 1 aliphatic heterocycles. The zero-order valence-corrected chi connectivity index (χ0v) is 18.9. The first kappa shape index (κ1) is 22.2. The number of likely N-dealkylation sites (tertiary alicyclic amines) is 1. The maximum atomic E-state index is 13.4. The molecule has 1 aromatic carbocycles. The maximum Gasteiger partial charge on any atom is 0.425 e. The van der Waals surface area contributed by atoms with Crippen molar-refractivity contribution in [2.24, 2.45) is 5.92 Å². The number of halogens is 3. The minimum Gasteiger partial charge on any atom is -0.480 e. The largest absolute Gasteiger partial charge is 0.480 e. The number of hydrogen-bond acceptors (Lipinski definition) is 6. The van der Waals surface area contributed by atoms with Gasteiger partial charge in [-0.1, -0.05) is 0 Å². The lowest BCUT2D eigenvalue weighted by Crippen LogP contribution is -2.35. The molecule has 1 aromatic heterocycles. The predicted molar refractivity (Wildman–Crippen MR) is 110 cm³/mol. The van der Waals surface area contributed by atoms with Gasteiger partial charge < -0.3 is 14.1 Å². The van der Waals surface area contributed by atoms with Crippen LogP contribution in [0.2, 0.25) is 0 Å². The van der Waals surface area contributed by atoms with Gasteiger partial charge in [0, 0.05) is 30.7 Å². The van der Waals surface area contributed by atoms with E-state index < -0.39 is 28.0 Å². The van der Waals surface area contributed by atoms with Crippen LogP contribution in [0.4, 0.5) is 13.2 Å². The summed E-state index contributed by atoms with van der Waals surface area (Å²) in [6, 6.07) is 3.34. The number of ether oxygens (including phenoxy) is 1. The monoisotopic (exact) mass is 484 g/mol. The Kier molecular flexibility index (Phi) is 4.86. The number of piperidine rings is 1. The van der Waals surface area contributed by atoms with Gasteiger partial charge in [0.1, 0.15) is 12.0 Å². The van der Waals surface area contributed by atoms with Crippen LogP contribution >= 0.6 is 0 Å². The zero-order valence-electron chi connectivity index (χ0n) is 18.1. The highest BCUT2D eigenvalue weighted by Crippen LogP contribution is 2.59. The van der Waals surface area contributed by atoms with Gasteiger partial charge in [-0.15, -0.1) is 0 Å². The van der Waals surface area contributed by atoms with Crippen LogP contribution in [0.5, 0.6) is 5.75 Å². The normalized spacial score (nSPS) is 25.6. The smallest absolute Gasteiger partial charge is 0.425 e. The summed E-state index contributed by atoms with van der Waals surface area (Å²) in [4.78, 5) is 19.4. The Hall–Kier alpha value is -2.56. The van der Waals surface area contributed by atoms with Gasteiger partial charge in [-0.3, -0.25) is 4.79 Å². The second-order valence-electron chi connectivity index (χ2n) is 9.32. The zero-order chi connectivity index (χ0) is 23.8. The third kappa shape index (κ3) is 4.00. The molecule has 178 valence electrons. The highest BCUT2D eigenvalue weighted by molar-refractivity contribution is 7.90. The van der Waals surface area contributed by atoms with Crippen LogP contribution in [0.1, 0.15) is 54.0 Å². The van der Waals surface area contributed by atoms with Crippen LogP contribution in [-0.2, 0) is 15.3 Å². The molecule has 0 spiro atoms. The highest BCUT2D eigenvalue weighted by atomic mass is 32.2. The quantitative estimate of drug-likeness (QED) is 0.621. The van der Waals surface area contributed by atoms with Crippen molar-refractivity contribution in [2.75, 3.05) is 19.3 Å². The fraction of sp³-hybridized carbons (Fsp3) is 0.545. The number of sulfone groups is 1. The number of hydrogen-bond donors (Lipinski definition) is 0. The molecule has 11 heteroatoms. The van der Waals surface area contributed by atoms with Gasteiger partial charge in [0.25, 0.3) is 5.91 Å². The van der Waals surface area contributed by atoms with E-state index in [4.69, 9.17) is 9.15 Å². The molecule has 2 saturated carbocycles. The molecule has 5 rings (SSSR count). The summed E-state index contributed by atoms with van der Waals surface area (Å²) in [5, 5.41) is 0. The predicted octanol–water partition coefficient (Wildman–Crippen LogP) is 3.70. The number of carbonyl (C=O) groups excluding carboxylic acids is 1. The molecule has 0 N–H and O–H groups in total. The second kappa shape index (κ2) is 7.22. The lowest BCUT2D eigenvalue weighted by molar-refractivity contribution is -0.189. The van der Waals surface area contributed by atoms with Crippen LogP contribution in [0, 0.1) is 5.92 Å². The fourth-order valence-electron chi connectivity index (χ4n) is 4.51. The summed E-state index contributed by atoms with van der Waals surface area (Å²) >= 11 is 0. The molecule has 3 fully saturated rings. The summed E-state index contributed by atoms with van der Waals surface area (Å²) in [5.74, 6) is 0.384. The fourth-order valence-corrected chi connectivity index (χ4v) is 5.15. The first-order valence-electron chi connectivity index (χ1n) is 10.7. The van der Waals surface area contributed by atoms with Crippen molar-refractivity contribution in [3.05, 3.63) is 41.6 Å². The SMILES string of the molecule is C[C@@H](Oc1ccc(S(C)(=O)=O)cc1C(=O)N1CC2CC2(c2coc(C3CC3)n2)C1)C(F)(F)F. The number of alkyl halides is 3. The molecule has 33 heavy (non-hydrogen) atoms. The number of fused-ring (bicyclic) bond motifs is 1. The van der Waals surface area contributed by atoms with Crippen molar-refractivity contribution < 1.29 is 35.5 Å². The van der Waals surface area contributed by atoms with Gasteiger partial charge in [-0.2, -0.15) is 13.2 Å². The molecule has 0 radical (unpaired) electrons. The van der Waals surface area contributed by atoms with E-state index in [9.17, 15) is 26.4 Å². The van der Waals surface area contributed by atoms with Gasteiger partial charge >= 0.3 is 6.18 Å². The third-order valence-corrected chi connectivity index (χ3v) is 7.88. The number of nitrogens with zero attached hydrogens (tertiary/aromatic N) is 2. The van der Waals surface area contributed by atoms with Gasteiger partial charge in [0.2, 0.25) is 0 Å². The molecule has 2 aliphatic carbocycles. The van der Waals surface area contributed by atoms with Crippen molar-refractivity contribution >= 4 is 15.7 Å². The Morgan fingerprint density at radius 1 is 1.33 bits per heavy atom. The molecule has 7 nitrogen and oxygen atoms in total. The van der Waals surface area contributed by atoms with Crippen LogP contribution in [-0.4, -0.2) is 55.8 Å². The molecular formula is C22H23F3N2O5S. The summed E-state index contributed by atoms with van der Waals surface area (Å²) < 4.78 is 73.9. The van der Waals surface area contributed by atoms with E-state index >= 15 is 0 Å². The average molecular weight is 484 g/mol. The van der Waals surface area contributed by atoms with E-state index in [0.717, 1.165) is 56.3 Å². The summed E-state index contributed by atoms with van der Waals surface area (Å²) in [7, 11) is -3.68. The molecule has 2 heterocycles. The Bertz CT molecular complexity index is 1220. The third-order valence-electron chi connectivity index (χ3n) is 6.77. The summed E-state index contributed by atoms with van der Waals surface area (Å²) in [6.07, 6.45) is -1.23. The van der Waals surface area contributed by atoms with Crippen molar-refractivity contribution in [3.8, 4) is 5.75 Å². The van der Waals surface area contributed by atoms with Crippen LogP contribution in [0.25, 0.3) is 0 Å². The number of carbonyl (C=O) groups is 1. The van der Waals surface area contributed by atoms with E-state index in [1.165, 1.54) is 4.90 Å². The van der Waals surface area contributed by atoms with E-state index in [1.807, 2.05) is 0 Å². The molecule has 3 aliphatic rings. The van der Waals surface area contributed by atoms with Gasteiger partial charge in [0.15, 0.2) is 21.8 Å². The van der Waals surface area contributed by atoms with Crippen molar-refractivity contribution in [2.45, 2.75) is 54.7 Å². The van der Waals surface area contributed by atoms with Crippen LogP contribution in [0.3, 0.4) is 0 Å². The molecule has 1 amide bonds. The molecule has 2 aromatic rings. The number of amides is 1. The van der Waals surface area contributed by atoms with E-state index in [2.05, 4.69) is 4.98 Å². The second-order valence-corrected chi connectivity index (χ2v) is 11.3. The Balaban J connectivity index is 1.42. The first-order valence-corrected chi connectivity index (χ1v) is 12.6. The van der Waals surface area contributed by atoms with E-state index in [-0.39, 0.29) is 27.5 Å². The molecule has 1 saturated heterocycles. The summed E-state index contributed by atoms with van der Waals surface area (Å²) in [6.45, 7) is 1.58. The van der Waals surface area contributed by atoms with Gasteiger partial charge in [-0.25, -0.2) is 13.4 Å². The van der Waals surface area contributed by atoms with E-state index in [1.54, 1.807) is 6.26 Å². The first-order chi connectivity index (χ1) is 15.4. The Labute approximate surface area is 188 Å². The average Bonchev–Trinajstić information content (AvgIpc) is 3.61. The Morgan fingerprint density at radius 2 is 2.06 bits per heavy atom. The lowest BCUT2D eigenvalue weighted by Gasteiger charge is -2.24. The van der Waals surface area contributed by atoms with Crippen molar-refractivity contribution in [1.82, 2.24) is 9.88 Å². The number of oxazole rings is 1. The molecule has 2 unspecified atom stereocenters. The highest BCUT2D eigenvalue weighted by Gasteiger charge is 2.63. The van der Waals surface area contributed by atoms with Crippen LogP contribution < -0.4 is 4.74 Å². The van der Waals surface area contributed by atoms with Crippen molar-refractivity contribution in [1.29, 1.82) is 0 Å². The number of rotatable bonds is 6. The lowest BCUT2D eigenvalue weighted by atomic mass is 10.0. The summed E-state index contributed by atoms with van der Waals surface area (Å²) in [5.41, 5.74) is 0.280. The van der Waals surface area contributed by atoms with Crippen LogP contribution in [0.15, 0.2) is 33.8 Å². The maximum absolute atomic E-state index is 13.4. The minimum absolute atomic E-state index is 0.164. The molecule has 0 bridgehead atoms. The number of aromatic nitrogens is 1. The minimum atomic E-state index is -4.64. The van der Waals surface area contributed by atoms with Gasteiger partial charge in [-0.05, 0) is 50.3 Å². The standard InChI is InChI=1S/C22H23F3N2O5S/c1-12(22(23,24)25)32-17-6-5-15(33(2,29)30)7-16(17)20(28)27-9-14-8-21(14,11-27)18-10-31-19(26-18)13-3-4-13/h5-7,10,12-14H,3-4,8-9,11H2,1-2H3/t12-,14?,21?/m1/s1. The topological polar surface area (TPSA) is 89.7 Å². The van der Waals surface area contributed by atoms with E-state index in [0.29, 0.717) is 24.9 Å². The molecule has 3 atom stereocenters. The number of benzene rings is 1. The molecular weight excluding hydrogens is 461 g/mol. The Morgan fingerprint density at radius 3 is 2.70 bits per heavy atom.